The number of hydrogen-bond donors (Lipinski definition) is 1. The van der Waals surface area contributed by atoms with Crippen molar-refractivity contribution in [2.24, 2.45) is 0 Å². The predicted octanol–water partition coefficient (Wildman–Crippen LogP) is 2.11. The molecule has 0 spiro atoms. The van der Waals surface area contributed by atoms with Gasteiger partial charge in [-0.3, -0.25) is 9.59 Å². The molecule has 0 radical (unpaired) electrons. The number of fused-ring (bicyclic) bond motifs is 1. The highest BCUT2D eigenvalue weighted by molar-refractivity contribution is 5.98. The summed E-state index contributed by atoms with van der Waals surface area (Å²) >= 11 is 0. The Kier molecular flexibility index (Phi) is 4.20. The van der Waals surface area contributed by atoms with Crippen LogP contribution in [0.25, 0.3) is 0 Å². The van der Waals surface area contributed by atoms with Gasteiger partial charge < -0.3 is 10.1 Å². The molecule has 1 aliphatic carbocycles. The van der Waals surface area contributed by atoms with Crippen LogP contribution in [0.4, 0.5) is 0 Å². The van der Waals surface area contributed by atoms with Gasteiger partial charge in [-0.15, -0.1) is 0 Å². The summed E-state index contributed by atoms with van der Waals surface area (Å²) in [5, 5.41) is 2.75. The molecule has 0 heterocycles. The molecule has 0 saturated heterocycles. The third-order valence-corrected chi connectivity index (χ3v) is 3.05. The Bertz CT molecular complexity index is 494. The van der Waals surface area contributed by atoms with E-state index in [1.807, 2.05) is 26.0 Å². The van der Waals surface area contributed by atoms with Crippen molar-refractivity contribution in [3.63, 3.8) is 0 Å². The van der Waals surface area contributed by atoms with Gasteiger partial charge in [0.2, 0.25) is 0 Å². The second kappa shape index (κ2) is 5.87. The Morgan fingerprint density at radius 2 is 2.16 bits per heavy atom. The molecular formula is C15H19NO3. The molecule has 4 heteroatoms. The molecule has 0 aromatic heterocycles. The van der Waals surface area contributed by atoms with E-state index in [2.05, 4.69) is 5.32 Å². The summed E-state index contributed by atoms with van der Waals surface area (Å²) in [4.78, 5) is 23.3. The van der Waals surface area contributed by atoms with Gasteiger partial charge in [-0.1, -0.05) is 6.07 Å². The number of hydrogen-bond acceptors (Lipinski definition) is 3. The molecule has 0 atom stereocenters. The first-order chi connectivity index (χ1) is 9.06. The van der Waals surface area contributed by atoms with Crippen molar-refractivity contribution in [1.82, 2.24) is 5.32 Å². The van der Waals surface area contributed by atoms with Crippen molar-refractivity contribution in [3.8, 4) is 5.75 Å². The van der Waals surface area contributed by atoms with Crippen LogP contribution < -0.4 is 10.1 Å². The highest BCUT2D eigenvalue weighted by atomic mass is 16.5. The van der Waals surface area contributed by atoms with Crippen LogP contribution in [0.5, 0.6) is 5.75 Å². The van der Waals surface area contributed by atoms with Gasteiger partial charge in [0.15, 0.2) is 12.4 Å². The van der Waals surface area contributed by atoms with Gasteiger partial charge in [-0.05, 0) is 44.4 Å². The minimum Gasteiger partial charge on any atom is -0.484 e. The van der Waals surface area contributed by atoms with E-state index in [9.17, 15) is 9.59 Å². The lowest BCUT2D eigenvalue weighted by Crippen LogP contribution is -2.34. The summed E-state index contributed by atoms with van der Waals surface area (Å²) < 4.78 is 5.42. The van der Waals surface area contributed by atoms with Crippen molar-refractivity contribution < 1.29 is 14.3 Å². The molecule has 0 fully saturated rings. The number of carbonyl (C=O) groups excluding carboxylic acids is 2. The maximum Gasteiger partial charge on any atom is 0.258 e. The molecule has 19 heavy (non-hydrogen) atoms. The van der Waals surface area contributed by atoms with Gasteiger partial charge in [0.05, 0.1) is 0 Å². The van der Waals surface area contributed by atoms with Crippen molar-refractivity contribution in [2.75, 3.05) is 6.61 Å². The molecular weight excluding hydrogens is 242 g/mol. The second-order valence-electron chi connectivity index (χ2n) is 5.11. The lowest BCUT2D eigenvalue weighted by Gasteiger charge is -2.16. The summed E-state index contributed by atoms with van der Waals surface area (Å²) in [6.45, 7) is 3.77. The Hall–Kier alpha value is -1.84. The lowest BCUT2D eigenvalue weighted by atomic mass is 9.90. The first-order valence-corrected chi connectivity index (χ1v) is 6.64. The van der Waals surface area contributed by atoms with Crippen LogP contribution in [0.2, 0.25) is 0 Å². The van der Waals surface area contributed by atoms with Crippen LogP contribution in [0.3, 0.4) is 0 Å². The third kappa shape index (κ3) is 3.56. The van der Waals surface area contributed by atoms with Gasteiger partial charge >= 0.3 is 0 Å². The average molecular weight is 261 g/mol. The number of ether oxygens (including phenoxy) is 1. The molecule has 1 aliphatic rings. The van der Waals surface area contributed by atoms with E-state index in [1.54, 1.807) is 6.07 Å². The second-order valence-corrected chi connectivity index (χ2v) is 5.11. The average Bonchev–Trinajstić information content (AvgIpc) is 2.36. The fraction of sp³-hybridized carbons (Fsp3) is 0.467. The van der Waals surface area contributed by atoms with E-state index >= 15 is 0 Å². The highest BCUT2D eigenvalue weighted by Gasteiger charge is 2.17. The first kappa shape index (κ1) is 13.6. The van der Waals surface area contributed by atoms with E-state index in [-0.39, 0.29) is 24.3 Å². The van der Waals surface area contributed by atoms with E-state index in [0.29, 0.717) is 12.2 Å². The maximum atomic E-state index is 11.8. The topological polar surface area (TPSA) is 55.4 Å². The fourth-order valence-corrected chi connectivity index (χ4v) is 2.21. The molecule has 4 nitrogen and oxygen atoms in total. The van der Waals surface area contributed by atoms with E-state index < -0.39 is 0 Å². The quantitative estimate of drug-likeness (QED) is 0.903. The summed E-state index contributed by atoms with van der Waals surface area (Å²) in [6.07, 6.45) is 2.46. The molecule has 102 valence electrons. The Morgan fingerprint density at radius 1 is 1.37 bits per heavy atom. The normalized spacial score (nSPS) is 14.2. The number of ketones is 1. The minimum atomic E-state index is -0.154. The number of rotatable bonds is 4. The summed E-state index contributed by atoms with van der Waals surface area (Å²) in [5.41, 5.74) is 1.82. The Morgan fingerprint density at radius 3 is 2.89 bits per heavy atom. The van der Waals surface area contributed by atoms with Gasteiger partial charge in [-0.2, -0.15) is 0 Å². The number of amides is 1. The van der Waals surface area contributed by atoms with Crippen molar-refractivity contribution in [1.29, 1.82) is 0 Å². The number of benzene rings is 1. The fourth-order valence-electron chi connectivity index (χ4n) is 2.21. The lowest BCUT2D eigenvalue weighted by molar-refractivity contribution is -0.123. The molecule has 1 amide bonds. The number of nitrogens with one attached hydrogen (secondary N) is 1. The summed E-state index contributed by atoms with van der Waals surface area (Å²) in [5.74, 6) is 0.588. The highest BCUT2D eigenvalue weighted by Crippen LogP contribution is 2.25. The first-order valence-electron chi connectivity index (χ1n) is 6.64. The SMILES string of the molecule is CC(C)NC(=O)COc1ccc2c(c1)C(=O)CCC2. The van der Waals surface area contributed by atoms with E-state index in [4.69, 9.17) is 4.74 Å². The summed E-state index contributed by atoms with van der Waals surface area (Å²) in [7, 11) is 0. The van der Waals surface area contributed by atoms with Crippen LogP contribution in [-0.4, -0.2) is 24.3 Å². The van der Waals surface area contributed by atoms with E-state index in [1.165, 1.54) is 0 Å². The van der Waals surface area contributed by atoms with Crippen LogP contribution in [-0.2, 0) is 11.2 Å². The molecule has 0 aliphatic heterocycles. The standard InChI is InChI=1S/C15H19NO3/c1-10(2)16-15(18)9-19-12-7-6-11-4-3-5-14(17)13(11)8-12/h6-8,10H,3-5,9H2,1-2H3,(H,16,18). The molecule has 1 aromatic carbocycles. The Labute approximate surface area is 113 Å². The van der Waals surface area contributed by atoms with Crippen molar-refractivity contribution in [2.45, 2.75) is 39.2 Å². The zero-order valence-corrected chi connectivity index (χ0v) is 11.4. The van der Waals surface area contributed by atoms with Crippen LogP contribution in [0.1, 0.15) is 42.6 Å². The zero-order chi connectivity index (χ0) is 13.8. The molecule has 0 unspecified atom stereocenters. The molecule has 0 bridgehead atoms. The van der Waals surface area contributed by atoms with Crippen molar-refractivity contribution >= 4 is 11.7 Å². The maximum absolute atomic E-state index is 11.8. The van der Waals surface area contributed by atoms with Gasteiger partial charge in [-0.25, -0.2) is 0 Å². The largest absolute Gasteiger partial charge is 0.484 e. The monoisotopic (exact) mass is 261 g/mol. The number of aryl methyl sites for hydroxylation is 1. The molecule has 0 saturated carbocycles. The van der Waals surface area contributed by atoms with Gasteiger partial charge in [0, 0.05) is 18.0 Å². The molecule has 1 aromatic rings. The van der Waals surface area contributed by atoms with E-state index in [0.717, 1.165) is 24.0 Å². The van der Waals surface area contributed by atoms with Crippen LogP contribution in [0.15, 0.2) is 18.2 Å². The van der Waals surface area contributed by atoms with Crippen LogP contribution >= 0.6 is 0 Å². The van der Waals surface area contributed by atoms with Gasteiger partial charge in [0.1, 0.15) is 5.75 Å². The Balaban J connectivity index is 2.00. The van der Waals surface area contributed by atoms with Crippen LogP contribution in [0, 0.1) is 0 Å². The third-order valence-electron chi connectivity index (χ3n) is 3.05. The minimum absolute atomic E-state index is 0.0227. The smallest absolute Gasteiger partial charge is 0.258 e. The predicted molar refractivity (Wildman–Crippen MR) is 72.5 cm³/mol. The van der Waals surface area contributed by atoms with Gasteiger partial charge in [0.25, 0.3) is 5.91 Å². The number of Topliss-reactive ketones (excluding diaryl/α,β-unsaturated/α-hetero) is 1. The number of carbonyl (C=O) groups is 2. The summed E-state index contributed by atoms with van der Waals surface area (Å²) in [6, 6.07) is 5.59. The molecule has 2 rings (SSSR count). The zero-order valence-electron chi connectivity index (χ0n) is 11.4. The van der Waals surface area contributed by atoms with Crippen molar-refractivity contribution in [3.05, 3.63) is 29.3 Å². The molecule has 1 N–H and O–H groups in total.